The van der Waals surface area contributed by atoms with Gasteiger partial charge in [-0.1, -0.05) is 6.92 Å². The molecule has 0 unspecified atom stereocenters. The molecule has 3 heteroatoms. The van der Waals surface area contributed by atoms with Gasteiger partial charge in [-0.3, -0.25) is 0 Å². The van der Waals surface area contributed by atoms with Gasteiger partial charge in [0.05, 0.1) is 6.07 Å². The second kappa shape index (κ2) is 6.22. The highest BCUT2D eigenvalue weighted by Crippen LogP contribution is 2.49. The third-order valence-electron chi connectivity index (χ3n) is 3.37. The molecule has 1 saturated carbocycles. The highest BCUT2D eigenvalue weighted by atomic mass is 15.2. The fraction of sp³-hybridized carbons (Fsp3) is 0.923. The summed E-state index contributed by atoms with van der Waals surface area (Å²) in [6, 6.07) is 2.35. The predicted molar refractivity (Wildman–Crippen MR) is 67.2 cm³/mol. The molecular weight excluding hydrogens is 198 g/mol. The zero-order valence-electron chi connectivity index (χ0n) is 11.0. The van der Waals surface area contributed by atoms with Crippen LogP contribution >= 0.6 is 0 Å². The molecule has 0 N–H and O–H groups in total. The minimum absolute atomic E-state index is 0.357. The second-order valence-electron chi connectivity index (χ2n) is 5.41. The highest BCUT2D eigenvalue weighted by Gasteiger charge is 2.43. The third kappa shape index (κ3) is 4.51. The molecule has 16 heavy (non-hydrogen) atoms. The van der Waals surface area contributed by atoms with Crippen molar-refractivity contribution in [3.05, 3.63) is 0 Å². The Balaban J connectivity index is 2.35. The number of hydrogen-bond donors (Lipinski definition) is 0. The molecule has 0 aromatic heterocycles. The van der Waals surface area contributed by atoms with E-state index in [9.17, 15) is 0 Å². The summed E-state index contributed by atoms with van der Waals surface area (Å²) in [5.41, 5.74) is 0.357. The summed E-state index contributed by atoms with van der Waals surface area (Å²) in [6.45, 7) is 6.77. The van der Waals surface area contributed by atoms with Gasteiger partial charge < -0.3 is 9.80 Å². The molecule has 1 fully saturated rings. The Morgan fingerprint density at radius 3 is 2.31 bits per heavy atom. The summed E-state index contributed by atoms with van der Waals surface area (Å²) >= 11 is 0. The summed E-state index contributed by atoms with van der Waals surface area (Å²) in [5, 5.41) is 8.83. The summed E-state index contributed by atoms with van der Waals surface area (Å²) in [5.74, 6) is 0. The van der Waals surface area contributed by atoms with E-state index in [2.05, 4.69) is 36.9 Å². The first-order valence-electron chi connectivity index (χ1n) is 6.36. The minimum atomic E-state index is 0.357. The van der Waals surface area contributed by atoms with Crippen molar-refractivity contribution in [2.75, 3.05) is 40.3 Å². The minimum Gasteiger partial charge on any atom is -0.308 e. The Morgan fingerprint density at radius 2 is 1.88 bits per heavy atom. The Bertz CT molecular complexity index is 238. The van der Waals surface area contributed by atoms with Crippen LogP contribution in [-0.2, 0) is 0 Å². The first-order valence-corrected chi connectivity index (χ1v) is 6.36. The molecule has 1 aliphatic carbocycles. The Morgan fingerprint density at radius 1 is 1.19 bits per heavy atom. The quantitative estimate of drug-likeness (QED) is 0.630. The van der Waals surface area contributed by atoms with Gasteiger partial charge in [0.2, 0.25) is 0 Å². The predicted octanol–water partition coefficient (Wildman–Crippen LogP) is 1.95. The van der Waals surface area contributed by atoms with Crippen molar-refractivity contribution in [2.24, 2.45) is 5.41 Å². The van der Waals surface area contributed by atoms with Gasteiger partial charge in [-0.05, 0) is 45.3 Å². The maximum absolute atomic E-state index is 8.83. The van der Waals surface area contributed by atoms with E-state index in [1.54, 1.807) is 0 Å². The van der Waals surface area contributed by atoms with Crippen LogP contribution in [0, 0.1) is 16.7 Å². The van der Waals surface area contributed by atoms with E-state index in [1.165, 1.54) is 25.8 Å². The lowest BCUT2D eigenvalue weighted by molar-refractivity contribution is 0.200. The van der Waals surface area contributed by atoms with Crippen LogP contribution in [0.25, 0.3) is 0 Å². The van der Waals surface area contributed by atoms with E-state index in [1.807, 2.05) is 0 Å². The van der Waals surface area contributed by atoms with Crippen LogP contribution in [0.3, 0.4) is 0 Å². The average Bonchev–Trinajstić information content (AvgIpc) is 2.95. The van der Waals surface area contributed by atoms with Gasteiger partial charge in [0, 0.05) is 26.1 Å². The van der Waals surface area contributed by atoms with Crippen LogP contribution in [0.15, 0.2) is 0 Å². The monoisotopic (exact) mass is 223 g/mol. The molecule has 0 aromatic rings. The van der Waals surface area contributed by atoms with Crippen LogP contribution in [0.1, 0.15) is 32.6 Å². The Hall–Kier alpha value is -0.590. The molecule has 92 valence electrons. The highest BCUT2D eigenvalue weighted by molar-refractivity contribution is 5.01. The Kier molecular flexibility index (Phi) is 5.24. The maximum atomic E-state index is 8.83. The topological polar surface area (TPSA) is 30.3 Å². The lowest BCUT2D eigenvalue weighted by atomic mass is 10.0. The van der Waals surface area contributed by atoms with Crippen molar-refractivity contribution in [1.29, 1.82) is 5.26 Å². The molecule has 0 spiro atoms. The number of nitrogens with zero attached hydrogens (tertiary/aromatic N) is 3. The van der Waals surface area contributed by atoms with Gasteiger partial charge >= 0.3 is 0 Å². The van der Waals surface area contributed by atoms with Crippen molar-refractivity contribution in [1.82, 2.24) is 9.80 Å². The summed E-state index contributed by atoms with van der Waals surface area (Å²) in [7, 11) is 4.23. The molecule has 0 aliphatic heterocycles. The van der Waals surface area contributed by atoms with Crippen molar-refractivity contribution < 1.29 is 0 Å². The first kappa shape index (κ1) is 13.5. The van der Waals surface area contributed by atoms with E-state index in [4.69, 9.17) is 5.26 Å². The van der Waals surface area contributed by atoms with Crippen LogP contribution in [-0.4, -0.2) is 50.1 Å². The lowest BCUT2D eigenvalue weighted by Gasteiger charge is -2.27. The van der Waals surface area contributed by atoms with E-state index in [-0.39, 0.29) is 0 Å². The standard InChI is InChI=1S/C13H25N3/c1-4-9-16(11-10-15(2)3)12-13(5-6-13)7-8-14/h4-7,9-12H2,1-3H3. The van der Waals surface area contributed by atoms with Crippen LogP contribution in [0.2, 0.25) is 0 Å². The van der Waals surface area contributed by atoms with Crippen LogP contribution in [0.5, 0.6) is 0 Å². The van der Waals surface area contributed by atoms with Crippen molar-refractivity contribution in [2.45, 2.75) is 32.6 Å². The molecule has 1 rings (SSSR count). The molecule has 0 bridgehead atoms. The first-order chi connectivity index (χ1) is 7.62. The van der Waals surface area contributed by atoms with Crippen LogP contribution < -0.4 is 0 Å². The fourth-order valence-electron chi connectivity index (χ4n) is 2.14. The third-order valence-corrected chi connectivity index (χ3v) is 3.37. The van der Waals surface area contributed by atoms with E-state index < -0.39 is 0 Å². The summed E-state index contributed by atoms with van der Waals surface area (Å²) in [4.78, 5) is 4.76. The largest absolute Gasteiger partial charge is 0.308 e. The van der Waals surface area contributed by atoms with Crippen molar-refractivity contribution in [3.8, 4) is 6.07 Å². The van der Waals surface area contributed by atoms with Gasteiger partial charge in [-0.2, -0.15) is 5.26 Å². The molecule has 0 aromatic carbocycles. The molecule has 0 radical (unpaired) electrons. The number of rotatable bonds is 8. The second-order valence-corrected chi connectivity index (χ2v) is 5.41. The molecule has 0 saturated heterocycles. The molecule has 3 nitrogen and oxygen atoms in total. The number of hydrogen-bond acceptors (Lipinski definition) is 3. The fourth-order valence-corrected chi connectivity index (χ4v) is 2.14. The summed E-state index contributed by atoms with van der Waals surface area (Å²) in [6.07, 6.45) is 4.46. The van der Waals surface area contributed by atoms with E-state index >= 15 is 0 Å². The smallest absolute Gasteiger partial charge is 0.0628 e. The Labute approximate surface area is 100 Å². The van der Waals surface area contributed by atoms with Gasteiger partial charge in [-0.15, -0.1) is 0 Å². The molecule has 1 aliphatic rings. The average molecular weight is 223 g/mol. The zero-order valence-corrected chi connectivity index (χ0v) is 11.0. The number of likely N-dealkylation sites (N-methyl/N-ethyl adjacent to an activating group) is 1. The number of nitriles is 1. The van der Waals surface area contributed by atoms with Crippen molar-refractivity contribution >= 4 is 0 Å². The van der Waals surface area contributed by atoms with E-state index in [0.717, 1.165) is 26.1 Å². The lowest BCUT2D eigenvalue weighted by Crippen LogP contribution is -2.36. The van der Waals surface area contributed by atoms with Gasteiger partial charge in [-0.25, -0.2) is 0 Å². The van der Waals surface area contributed by atoms with Crippen LogP contribution in [0.4, 0.5) is 0 Å². The molecule has 0 amide bonds. The van der Waals surface area contributed by atoms with E-state index in [0.29, 0.717) is 5.41 Å². The zero-order chi connectivity index (χ0) is 12.0. The summed E-state index contributed by atoms with van der Waals surface area (Å²) < 4.78 is 0. The molecular formula is C13H25N3. The maximum Gasteiger partial charge on any atom is 0.0628 e. The SMILES string of the molecule is CCCN(CCN(C)C)CC1(CC#N)CC1. The van der Waals surface area contributed by atoms with Gasteiger partial charge in [0.25, 0.3) is 0 Å². The molecule has 0 atom stereocenters. The molecule has 0 heterocycles. The van der Waals surface area contributed by atoms with Gasteiger partial charge in [0.1, 0.15) is 0 Å². The van der Waals surface area contributed by atoms with Crippen molar-refractivity contribution in [3.63, 3.8) is 0 Å². The normalized spacial score (nSPS) is 17.8. The van der Waals surface area contributed by atoms with Gasteiger partial charge in [0.15, 0.2) is 0 Å².